The lowest BCUT2D eigenvalue weighted by Gasteiger charge is -2.39. The van der Waals surface area contributed by atoms with E-state index in [1.807, 2.05) is 31.2 Å². The number of carbonyl (C=O) groups excluding carboxylic acids is 1. The Balaban J connectivity index is 2.18. The minimum absolute atomic E-state index is 0.0391. The van der Waals surface area contributed by atoms with Gasteiger partial charge in [0.25, 0.3) is 0 Å². The van der Waals surface area contributed by atoms with E-state index in [0.29, 0.717) is 18.2 Å². The first-order valence-electron chi connectivity index (χ1n) is 6.42. The van der Waals surface area contributed by atoms with Gasteiger partial charge in [0.2, 0.25) is 5.91 Å². The molecule has 0 spiro atoms. The molecule has 5 heteroatoms. The van der Waals surface area contributed by atoms with Gasteiger partial charge >= 0.3 is 0 Å². The molecule has 1 saturated heterocycles. The molecule has 1 fully saturated rings. The van der Waals surface area contributed by atoms with Gasteiger partial charge < -0.3 is 15.4 Å². The highest BCUT2D eigenvalue weighted by Crippen LogP contribution is 2.30. The fourth-order valence-electron chi connectivity index (χ4n) is 2.25. The van der Waals surface area contributed by atoms with Crippen molar-refractivity contribution in [1.29, 1.82) is 0 Å². The number of ether oxygens (including phenoxy) is 1. The van der Waals surface area contributed by atoms with Crippen molar-refractivity contribution in [2.45, 2.75) is 32.0 Å². The summed E-state index contributed by atoms with van der Waals surface area (Å²) in [4.78, 5) is 13.9. The van der Waals surface area contributed by atoms with Gasteiger partial charge in [0.05, 0.1) is 25.2 Å². The Morgan fingerprint density at radius 3 is 2.84 bits per heavy atom. The van der Waals surface area contributed by atoms with Crippen molar-refractivity contribution >= 4 is 17.5 Å². The number of halogens is 1. The molecule has 1 heterocycles. The molecule has 0 saturated carbocycles. The predicted molar refractivity (Wildman–Crippen MR) is 75.0 cm³/mol. The molecule has 0 unspecified atom stereocenters. The molecule has 2 N–H and O–H groups in total. The number of rotatable bonds is 2. The van der Waals surface area contributed by atoms with Crippen molar-refractivity contribution in [1.82, 2.24) is 4.90 Å². The van der Waals surface area contributed by atoms with Gasteiger partial charge in [-0.2, -0.15) is 0 Å². The highest BCUT2D eigenvalue weighted by Gasteiger charge is 2.32. The van der Waals surface area contributed by atoms with Crippen LogP contribution in [0.3, 0.4) is 0 Å². The number of amides is 1. The van der Waals surface area contributed by atoms with Crippen LogP contribution in [0.15, 0.2) is 24.3 Å². The lowest BCUT2D eigenvalue weighted by atomic mass is 10.1. The first kappa shape index (κ1) is 14.3. The van der Waals surface area contributed by atoms with Gasteiger partial charge in [-0.1, -0.05) is 29.8 Å². The summed E-state index contributed by atoms with van der Waals surface area (Å²) in [5, 5.41) is 0.662. The highest BCUT2D eigenvalue weighted by atomic mass is 35.5. The van der Waals surface area contributed by atoms with Crippen LogP contribution in [0.25, 0.3) is 0 Å². The molecule has 0 aliphatic carbocycles. The normalized spacial score (nSPS) is 25.2. The Morgan fingerprint density at radius 1 is 1.53 bits per heavy atom. The van der Waals surface area contributed by atoms with Crippen molar-refractivity contribution < 1.29 is 9.53 Å². The van der Waals surface area contributed by atoms with E-state index < -0.39 is 6.04 Å². The molecule has 3 atom stereocenters. The van der Waals surface area contributed by atoms with E-state index in [1.165, 1.54) is 0 Å². The summed E-state index contributed by atoms with van der Waals surface area (Å²) in [6.45, 7) is 4.65. The van der Waals surface area contributed by atoms with Crippen LogP contribution in [-0.4, -0.2) is 36.0 Å². The van der Waals surface area contributed by atoms with Crippen LogP contribution in [-0.2, 0) is 9.53 Å². The average molecular weight is 283 g/mol. The smallest absolute Gasteiger partial charge is 0.239 e. The quantitative estimate of drug-likeness (QED) is 0.902. The first-order chi connectivity index (χ1) is 9.00. The molecule has 2 rings (SSSR count). The van der Waals surface area contributed by atoms with Crippen molar-refractivity contribution in [2.75, 3.05) is 13.2 Å². The fourth-order valence-corrected chi connectivity index (χ4v) is 2.51. The second-order valence-electron chi connectivity index (χ2n) is 4.97. The van der Waals surface area contributed by atoms with Crippen molar-refractivity contribution in [3.8, 4) is 0 Å². The lowest BCUT2D eigenvalue weighted by molar-refractivity contribution is -0.145. The Kier molecular flexibility index (Phi) is 4.45. The topological polar surface area (TPSA) is 55.6 Å². The Bertz CT molecular complexity index is 465. The van der Waals surface area contributed by atoms with E-state index in [9.17, 15) is 4.79 Å². The molecule has 0 bridgehead atoms. The van der Waals surface area contributed by atoms with Gasteiger partial charge in [0, 0.05) is 10.6 Å². The van der Waals surface area contributed by atoms with Crippen LogP contribution in [0.5, 0.6) is 0 Å². The molecule has 1 amide bonds. The summed E-state index contributed by atoms with van der Waals surface area (Å²) in [5.41, 5.74) is 6.60. The largest absolute Gasteiger partial charge is 0.369 e. The molecule has 1 aromatic carbocycles. The van der Waals surface area contributed by atoms with Crippen LogP contribution < -0.4 is 5.73 Å². The van der Waals surface area contributed by atoms with Gasteiger partial charge in [-0.05, 0) is 19.9 Å². The standard InChI is InChI=1S/C14H19ClN2O2/c1-9-8-19-13(7-17(9)14(18)10(2)16)11-5-3-4-6-12(11)15/h3-6,9-10,13H,7-8,16H2,1-2H3/t9-,10+,13-/m0/s1. The van der Waals surface area contributed by atoms with Gasteiger partial charge in [-0.25, -0.2) is 0 Å². The third-order valence-electron chi connectivity index (χ3n) is 3.36. The molecular weight excluding hydrogens is 264 g/mol. The fraction of sp³-hybridized carbons (Fsp3) is 0.500. The van der Waals surface area contributed by atoms with Crippen molar-refractivity contribution in [2.24, 2.45) is 5.73 Å². The summed E-state index contributed by atoms with van der Waals surface area (Å²) in [6.07, 6.45) is -0.187. The van der Waals surface area contributed by atoms with Gasteiger partial charge in [0.1, 0.15) is 6.10 Å². The number of nitrogens with two attached hydrogens (primary N) is 1. The maximum atomic E-state index is 12.1. The van der Waals surface area contributed by atoms with E-state index in [1.54, 1.807) is 11.8 Å². The molecule has 0 radical (unpaired) electrons. The number of carbonyl (C=O) groups is 1. The first-order valence-corrected chi connectivity index (χ1v) is 6.80. The van der Waals surface area contributed by atoms with Crippen molar-refractivity contribution in [3.63, 3.8) is 0 Å². The molecule has 1 aliphatic heterocycles. The number of morpholine rings is 1. The minimum Gasteiger partial charge on any atom is -0.369 e. The number of hydrogen-bond acceptors (Lipinski definition) is 3. The second-order valence-corrected chi connectivity index (χ2v) is 5.38. The van der Waals surface area contributed by atoms with E-state index in [-0.39, 0.29) is 18.1 Å². The molecule has 1 aliphatic rings. The van der Waals surface area contributed by atoms with Crippen LogP contribution >= 0.6 is 11.6 Å². The lowest BCUT2D eigenvalue weighted by Crippen LogP contribution is -2.52. The monoisotopic (exact) mass is 282 g/mol. The SMILES string of the molecule is C[C@@H](N)C(=O)N1C[C@@H](c2ccccc2Cl)OC[C@@H]1C. The zero-order chi connectivity index (χ0) is 14.0. The van der Waals surface area contributed by atoms with Crippen molar-refractivity contribution in [3.05, 3.63) is 34.9 Å². The van der Waals surface area contributed by atoms with Gasteiger partial charge in [-0.3, -0.25) is 4.79 Å². The molecule has 19 heavy (non-hydrogen) atoms. The molecular formula is C14H19ClN2O2. The molecule has 4 nitrogen and oxygen atoms in total. The van der Waals surface area contributed by atoms with Crippen LogP contribution in [0.2, 0.25) is 5.02 Å². The highest BCUT2D eigenvalue weighted by molar-refractivity contribution is 6.31. The van der Waals surface area contributed by atoms with Crippen LogP contribution in [0.1, 0.15) is 25.5 Å². The maximum absolute atomic E-state index is 12.1. The summed E-state index contributed by atoms with van der Waals surface area (Å²) in [7, 11) is 0. The molecule has 1 aromatic rings. The zero-order valence-corrected chi connectivity index (χ0v) is 11.9. The Hall–Kier alpha value is -1.10. The maximum Gasteiger partial charge on any atom is 0.239 e. The molecule has 0 aromatic heterocycles. The van der Waals surface area contributed by atoms with E-state index in [2.05, 4.69) is 0 Å². The summed E-state index contributed by atoms with van der Waals surface area (Å²) in [6, 6.07) is 7.10. The Morgan fingerprint density at radius 2 is 2.21 bits per heavy atom. The third kappa shape index (κ3) is 3.08. The van der Waals surface area contributed by atoms with E-state index >= 15 is 0 Å². The minimum atomic E-state index is -0.493. The third-order valence-corrected chi connectivity index (χ3v) is 3.70. The number of benzene rings is 1. The summed E-state index contributed by atoms with van der Waals surface area (Å²) < 4.78 is 5.80. The van der Waals surface area contributed by atoms with Crippen LogP contribution in [0, 0.1) is 0 Å². The van der Waals surface area contributed by atoms with Gasteiger partial charge in [0.15, 0.2) is 0 Å². The average Bonchev–Trinajstić information content (AvgIpc) is 2.39. The molecule has 104 valence electrons. The van der Waals surface area contributed by atoms with E-state index in [4.69, 9.17) is 22.1 Å². The second kappa shape index (κ2) is 5.90. The summed E-state index contributed by atoms with van der Waals surface area (Å²) >= 11 is 6.18. The zero-order valence-electron chi connectivity index (χ0n) is 11.2. The number of nitrogens with zero attached hydrogens (tertiary/aromatic N) is 1. The predicted octanol–water partition coefficient (Wildman–Crippen LogP) is 1.98. The Labute approximate surface area is 118 Å². The van der Waals surface area contributed by atoms with Crippen LogP contribution in [0.4, 0.5) is 0 Å². The summed E-state index contributed by atoms with van der Waals surface area (Å²) in [5.74, 6) is -0.0483. The van der Waals surface area contributed by atoms with Gasteiger partial charge in [-0.15, -0.1) is 0 Å². The number of hydrogen-bond donors (Lipinski definition) is 1. The van der Waals surface area contributed by atoms with E-state index in [0.717, 1.165) is 5.56 Å².